The van der Waals surface area contributed by atoms with Gasteiger partial charge in [0.15, 0.2) is 0 Å². The van der Waals surface area contributed by atoms with E-state index >= 15 is 0 Å². The molecular formula is C21H21ClFN5O. The van der Waals surface area contributed by atoms with E-state index in [1.54, 1.807) is 18.3 Å². The lowest BCUT2D eigenvalue weighted by molar-refractivity contribution is 0.628. The van der Waals surface area contributed by atoms with Gasteiger partial charge in [0.1, 0.15) is 17.5 Å². The molecule has 8 heteroatoms. The Morgan fingerprint density at radius 1 is 1.31 bits per heavy atom. The molecule has 150 valence electrons. The number of hydrogen-bond acceptors (Lipinski definition) is 5. The number of anilines is 2. The second-order valence-corrected chi connectivity index (χ2v) is 7.45. The van der Waals surface area contributed by atoms with Gasteiger partial charge in [0.2, 0.25) is 0 Å². The molecule has 1 aromatic carbocycles. The molecule has 2 N–H and O–H groups in total. The third-order valence-electron chi connectivity index (χ3n) is 5.00. The number of aryl methyl sites for hydroxylation is 1. The van der Waals surface area contributed by atoms with E-state index in [2.05, 4.69) is 25.2 Å². The van der Waals surface area contributed by atoms with Crippen LogP contribution in [0, 0.1) is 5.82 Å². The number of aromatic amines is 1. The first-order chi connectivity index (χ1) is 14.0. The molecule has 0 bridgehead atoms. The van der Waals surface area contributed by atoms with Gasteiger partial charge in [-0.15, -0.1) is 0 Å². The van der Waals surface area contributed by atoms with Gasteiger partial charge in [0.25, 0.3) is 5.56 Å². The number of H-pyrrole nitrogens is 1. The van der Waals surface area contributed by atoms with Gasteiger partial charge in [0, 0.05) is 48.3 Å². The fourth-order valence-electron chi connectivity index (χ4n) is 3.45. The zero-order valence-corrected chi connectivity index (χ0v) is 16.7. The monoisotopic (exact) mass is 413 g/mol. The lowest BCUT2D eigenvalue weighted by Crippen LogP contribution is -2.26. The summed E-state index contributed by atoms with van der Waals surface area (Å²) >= 11 is 5.90. The molecule has 3 heterocycles. The first-order valence-corrected chi connectivity index (χ1v) is 9.93. The molecule has 0 saturated carbocycles. The van der Waals surface area contributed by atoms with E-state index in [1.807, 2.05) is 19.1 Å². The molecule has 29 heavy (non-hydrogen) atoms. The Morgan fingerprint density at radius 3 is 2.90 bits per heavy atom. The highest BCUT2D eigenvalue weighted by atomic mass is 35.5. The Labute approximate surface area is 172 Å². The molecular weight excluding hydrogens is 393 g/mol. The van der Waals surface area contributed by atoms with Crippen LogP contribution in [0.5, 0.6) is 0 Å². The molecule has 0 radical (unpaired) electrons. The van der Waals surface area contributed by atoms with Crippen LogP contribution in [0.2, 0.25) is 5.02 Å². The summed E-state index contributed by atoms with van der Waals surface area (Å²) in [4.78, 5) is 25.6. The number of aromatic nitrogens is 3. The van der Waals surface area contributed by atoms with E-state index in [0.717, 1.165) is 42.3 Å². The molecule has 1 saturated heterocycles. The predicted molar refractivity (Wildman–Crippen MR) is 113 cm³/mol. The molecule has 1 aliphatic rings. The predicted octanol–water partition coefficient (Wildman–Crippen LogP) is 3.88. The molecule has 1 atom stereocenters. The molecule has 3 aromatic rings. The molecule has 1 fully saturated rings. The minimum atomic E-state index is -0.408. The largest absolute Gasteiger partial charge is 0.369 e. The fourth-order valence-corrected chi connectivity index (χ4v) is 3.62. The Bertz CT molecular complexity index is 1070. The first kappa shape index (κ1) is 19.4. The van der Waals surface area contributed by atoms with Crippen LogP contribution in [-0.2, 0) is 6.42 Å². The Balaban J connectivity index is 1.42. The van der Waals surface area contributed by atoms with Crippen molar-refractivity contribution in [3.05, 3.63) is 69.5 Å². The lowest BCUT2D eigenvalue weighted by atomic mass is 10.2. The third-order valence-corrected chi connectivity index (χ3v) is 5.29. The van der Waals surface area contributed by atoms with Crippen LogP contribution in [0.4, 0.5) is 15.9 Å². The summed E-state index contributed by atoms with van der Waals surface area (Å²) < 4.78 is 13.4. The Hall–Kier alpha value is -2.93. The molecule has 0 amide bonds. The fraction of sp³-hybridized carbons (Fsp3) is 0.286. The zero-order chi connectivity index (χ0) is 20.4. The van der Waals surface area contributed by atoms with E-state index in [-0.39, 0.29) is 16.6 Å². The van der Waals surface area contributed by atoms with Crippen LogP contribution in [0.3, 0.4) is 0 Å². The van der Waals surface area contributed by atoms with Crippen molar-refractivity contribution in [2.24, 2.45) is 0 Å². The summed E-state index contributed by atoms with van der Waals surface area (Å²) in [5, 5.41) is 3.56. The van der Waals surface area contributed by atoms with Gasteiger partial charge in [-0.05, 0) is 43.2 Å². The van der Waals surface area contributed by atoms with E-state index in [0.29, 0.717) is 12.2 Å². The van der Waals surface area contributed by atoms with Crippen molar-refractivity contribution >= 4 is 23.1 Å². The number of benzene rings is 1. The maximum atomic E-state index is 13.4. The zero-order valence-electron chi connectivity index (χ0n) is 16.0. The minimum absolute atomic E-state index is 0.134. The number of nitrogens with zero attached hydrogens (tertiary/aromatic N) is 3. The van der Waals surface area contributed by atoms with Crippen molar-refractivity contribution < 1.29 is 4.39 Å². The molecule has 2 aromatic heterocycles. The quantitative estimate of drug-likeness (QED) is 0.664. The smallest absolute Gasteiger partial charge is 0.251 e. The van der Waals surface area contributed by atoms with Crippen LogP contribution in [0.15, 0.2) is 47.4 Å². The van der Waals surface area contributed by atoms with E-state index < -0.39 is 5.82 Å². The van der Waals surface area contributed by atoms with Gasteiger partial charge in [-0.25, -0.2) is 14.4 Å². The first-order valence-electron chi connectivity index (χ1n) is 9.55. The van der Waals surface area contributed by atoms with Crippen molar-refractivity contribution in [2.45, 2.75) is 25.8 Å². The number of nitrogens with one attached hydrogen (secondary N) is 2. The lowest BCUT2D eigenvalue weighted by Gasteiger charge is -2.19. The van der Waals surface area contributed by atoms with Crippen molar-refractivity contribution in [3.63, 3.8) is 0 Å². The minimum Gasteiger partial charge on any atom is -0.369 e. The van der Waals surface area contributed by atoms with E-state index in [4.69, 9.17) is 11.6 Å². The van der Waals surface area contributed by atoms with Crippen LogP contribution >= 0.6 is 11.6 Å². The van der Waals surface area contributed by atoms with Gasteiger partial charge < -0.3 is 15.2 Å². The summed E-state index contributed by atoms with van der Waals surface area (Å²) in [7, 11) is 0. The highest BCUT2D eigenvalue weighted by Crippen LogP contribution is 2.26. The summed E-state index contributed by atoms with van der Waals surface area (Å²) in [5.74, 6) is 0.870. The van der Waals surface area contributed by atoms with Crippen molar-refractivity contribution in [1.29, 1.82) is 0 Å². The summed E-state index contributed by atoms with van der Waals surface area (Å²) in [6.45, 7) is 3.59. The van der Waals surface area contributed by atoms with Gasteiger partial charge in [-0.3, -0.25) is 4.79 Å². The van der Waals surface area contributed by atoms with Gasteiger partial charge in [-0.2, -0.15) is 0 Å². The Kier molecular flexibility index (Phi) is 5.49. The van der Waals surface area contributed by atoms with Crippen molar-refractivity contribution in [1.82, 2.24) is 15.0 Å². The third kappa shape index (κ3) is 4.40. The SMILES string of the molecule is CCc1cc(=O)[nH]c(-c2ccc(NC3CCN(c4ccc(F)c(Cl)c4)C3)nc2)n1. The highest BCUT2D eigenvalue weighted by Gasteiger charge is 2.23. The van der Waals surface area contributed by atoms with Gasteiger partial charge in [-0.1, -0.05) is 18.5 Å². The summed E-state index contributed by atoms with van der Waals surface area (Å²) in [6.07, 6.45) is 3.33. The van der Waals surface area contributed by atoms with E-state index in [9.17, 15) is 9.18 Å². The average Bonchev–Trinajstić information content (AvgIpc) is 3.18. The number of hydrogen-bond donors (Lipinski definition) is 2. The van der Waals surface area contributed by atoms with Crippen LogP contribution in [0.25, 0.3) is 11.4 Å². The Morgan fingerprint density at radius 2 is 2.17 bits per heavy atom. The molecule has 1 unspecified atom stereocenters. The highest BCUT2D eigenvalue weighted by molar-refractivity contribution is 6.31. The maximum Gasteiger partial charge on any atom is 0.251 e. The molecule has 6 nitrogen and oxygen atoms in total. The standard InChI is InChI=1S/C21H21ClFN5O/c1-2-14-9-20(29)27-21(26-14)13-3-6-19(24-11-13)25-15-7-8-28(12-15)16-4-5-18(23)17(22)10-16/h3-6,9-11,15H,2,7-8,12H2,1H3,(H,24,25)(H,26,27,29). The van der Waals surface area contributed by atoms with Crippen LogP contribution in [-0.4, -0.2) is 34.1 Å². The summed E-state index contributed by atoms with van der Waals surface area (Å²) in [6, 6.07) is 10.3. The molecule has 4 rings (SSSR count). The van der Waals surface area contributed by atoms with Crippen LogP contribution in [0.1, 0.15) is 19.0 Å². The maximum absolute atomic E-state index is 13.4. The molecule has 0 aliphatic carbocycles. The normalized spacial score (nSPS) is 16.2. The molecule has 0 spiro atoms. The topological polar surface area (TPSA) is 73.9 Å². The van der Waals surface area contributed by atoms with Crippen molar-refractivity contribution in [3.8, 4) is 11.4 Å². The number of halogens is 2. The second-order valence-electron chi connectivity index (χ2n) is 7.05. The number of pyridine rings is 1. The van der Waals surface area contributed by atoms with Gasteiger partial charge in [0.05, 0.1) is 5.02 Å². The van der Waals surface area contributed by atoms with Gasteiger partial charge >= 0.3 is 0 Å². The van der Waals surface area contributed by atoms with Crippen LogP contribution < -0.4 is 15.8 Å². The second kappa shape index (κ2) is 8.21. The van der Waals surface area contributed by atoms with Crippen molar-refractivity contribution in [2.75, 3.05) is 23.3 Å². The average molecular weight is 414 g/mol. The number of rotatable bonds is 5. The van der Waals surface area contributed by atoms with E-state index in [1.165, 1.54) is 12.1 Å². The molecule has 1 aliphatic heterocycles. The summed E-state index contributed by atoms with van der Waals surface area (Å²) in [5.41, 5.74) is 2.26.